The lowest BCUT2D eigenvalue weighted by Crippen LogP contribution is -2.52. The van der Waals surface area contributed by atoms with E-state index < -0.39 is 46.2 Å². The third-order valence-electron chi connectivity index (χ3n) is 6.68. The van der Waals surface area contributed by atoms with Gasteiger partial charge in [0, 0.05) is 12.6 Å². The topological polar surface area (TPSA) is 86.8 Å². The maximum Gasteiger partial charge on any atom is 0.416 e. The summed E-state index contributed by atoms with van der Waals surface area (Å²) in [7, 11) is -4.48. The zero-order chi connectivity index (χ0) is 30.4. The van der Waals surface area contributed by atoms with Gasteiger partial charge in [0.1, 0.15) is 12.6 Å². The van der Waals surface area contributed by atoms with Gasteiger partial charge in [-0.2, -0.15) is 13.2 Å². The highest BCUT2D eigenvalue weighted by molar-refractivity contribution is 7.92. The summed E-state index contributed by atoms with van der Waals surface area (Å²) in [5, 5.41) is 2.84. The number of alkyl halides is 3. The minimum Gasteiger partial charge on any atom is -0.352 e. The minimum atomic E-state index is -4.73. The average molecular weight is 590 g/mol. The fraction of sp³-hybridized carbons (Fsp3) is 0.333. The first kappa shape index (κ1) is 31.7. The number of amides is 2. The summed E-state index contributed by atoms with van der Waals surface area (Å²) in [5.74, 6) is -1.19. The molecule has 220 valence electrons. The number of halogens is 3. The summed E-state index contributed by atoms with van der Waals surface area (Å²) >= 11 is 0. The molecule has 0 aromatic heterocycles. The van der Waals surface area contributed by atoms with E-state index >= 15 is 0 Å². The molecule has 41 heavy (non-hydrogen) atoms. The molecule has 0 saturated heterocycles. The van der Waals surface area contributed by atoms with Crippen molar-refractivity contribution in [3.8, 4) is 0 Å². The lowest BCUT2D eigenvalue weighted by Gasteiger charge is -2.32. The molecule has 2 amide bonds. The number of anilines is 1. The zero-order valence-corrected chi connectivity index (χ0v) is 24.2. The van der Waals surface area contributed by atoms with Crippen molar-refractivity contribution < 1.29 is 31.2 Å². The summed E-state index contributed by atoms with van der Waals surface area (Å²) in [6, 6.07) is 17.1. The van der Waals surface area contributed by atoms with Crippen LogP contribution >= 0.6 is 0 Å². The summed E-state index contributed by atoms with van der Waals surface area (Å²) in [6.07, 6.45) is -4.08. The Hall–Kier alpha value is -3.86. The summed E-state index contributed by atoms with van der Waals surface area (Å²) in [6.45, 7) is 6.27. The third kappa shape index (κ3) is 8.09. The number of benzene rings is 3. The molecule has 3 rings (SSSR count). The highest BCUT2D eigenvalue weighted by Crippen LogP contribution is 2.33. The third-order valence-corrected chi connectivity index (χ3v) is 8.46. The minimum absolute atomic E-state index is 0.0164. The molecular weight excluding hydrogens is 555 g/mol. The molecule has 0 radical (unpaired) electrons. The van der Waals surface area contributed by atoms with Gasteiger partial charge in [-0.25, -0.2) is 8.42 Å². The van der Waals surface area contributed by atoms with Gasteiger partial charge in [0.25, 0.3) is 10.0 Å². The number of rotatable bonds is 11. The van der Waals surface area contributed by atoms with Crippen molar-refractivity contribution in [3.05, 3.63) is 95.6 Å². The number of sulfonamides is 1. The predicted octanol–water partition coefficient (Wildman–Crippen LogP) is 5.54. The van der Waals surface area contributed by atoms with Crippen LogP contribution in [0, 0.1) is 6.92 Å². The van der Waals surface area contributed by atoms with E-state index in [4.69, 9.17) is 0 Å². The monoisotopic (exact) mass is 589 g/mol. The van der Waals surface area contributed by atoms with Crippen LogP contribution in [0.4, 0.5) is 18.9 Å². The molecule has 0 aliphatic rings. The molecule has 0 spiro atoms. The Balaban J connectivity index is 2.08. The Morgan fingerprint density at radius 2 is 1.59 bits per heavy atom. The number of hydrogen-bond acceptors (Lipinski definition) is 4. The van der Waals surface area contributed by atoms with Gasteiger partial charge in [-0.1, -0.05) is 61.0 Å². The van der Waals surface area contributed by atoms with Crippen LogP contribution in [0.3, 0.4) is 0 Å². The molecule has 0 aliphatic heterocycles. The highest BCUT2D eigenvalue weighted by Gasteiger charge is 2.35. The van der Waals surface area contributed by atoms with Gasteiger partial charge >= 0.3 is 6.18 Å². The first-order chi connectivity index (χ1) is 19.2. The van der Waals surface area contributed by atoms with Gasteiger partial charge in [0.05, 0.1) is 16.1 Å². The molecule has 3 aromatic rings. The maximum atomic E-state index is 13.9. The van der Waals surface area contributed by atoms with Crippen molar-refractivity contribution in [2.24, 2.45) is 0 Å². The summed E-state index contributed by atoms with van der Waals surface area (Å²) in [4.78, 5) is 28.0. The molecule has 3 aromatic carbocycles. The van der Waals surface area contributed by atoms with Gasteiger partial charge in [-0.3, -0.25) is 13.9 Å². The number of aryl methyl sites for hydroxylation is 1. The largest absolute Gasteiger partial charge is 0.416 e. The molecule has 11 heteroatoms. The standard InChI is InChI=1S/C30H34F3N3O4S/c1-5-22(3)34-29(38)23(4)35(19-24-12-9-11-21(2)17-24)28(37)20-36(41(39,40)27-15-7-6-8-16-27)26-14-10-13-25(18-26)30(31,32)33/h6-18,22-23H,5,19-20H2,1-4H3,(H,34,38). The van der Waals surface area contributed by atoms with Gasteiger partial charge < -0.3 is 10.2 Å². The van der Waals surface area contributed by atoms with Crippen LogP contribution in [0.1, 0.15) is 43.9 Å². The van der Waals surface area contributed by atoms with Crippen LogP contribution in [-0.2, 0) is 32.3 Å². The Labute approximate surface area is 239 Å². The van der Waals surface area contributed by atoms with Crippen LogP contribution < -0.4 is 9.62 Å². The Morgan fingerprint density at radius 3 is 2.20 bits per heavy atom. The molecule has 2 atom stereocenters. The van der Waals surface area contributed by atoms with Crippen LogP contribution in [-0.4, -0.2) is 43.8 Å². The molecule has 0 heterocycles. The van der Waals surface area contributed by atoms with Crippen LogP contribution in [0.2, 0.25) is 0 Å². The second kappa shape index (κ2) is 13.2. The van der Waals surface area contributed by atoms with Crippen LogP contribution in [0.25, 0.3) is 0 Å². The number of carbonyl (C=O) groups excluding carboxylic acids is 2. The Morgan fingerprint density at radius 1 is 0.927 bits per heavy atom. The quantitative estimate of drug-likeness (QED) is 0.318. The molecule has 0 saturated carbocycles. The molecule has 0 aliphatic carbocycles. The Bertz CT molecular complexity index is 1460. The molecular formula is C30H34F3N3O4S. The van der Waals surface area contributed by atoms with Crippen molar-refractivity contribution in [2.75, 3.05) is 10.8 Å². The van der Waals surface area contributed by atoms with E-state index in [0.29, 0.717) is 22.4 Å². The lowest BCUT2D eigenvalue weighted by atomic mass is 10.1. The van der Waals surface area contributed by atoms with Gasteiger partial charge in [-0.15, -0.1) is 0 Å². The summed E-state index contributed by atoms with van der Waals surface area (Å²) < 4.78 is 68.8. The lowest BCUT2D eigenvalue weighted by molar-refractivity contribution is -0.139. The maximum absolute atomic E-state index is 13.9. The Kier molecular flexibility index (Phi) is 10.2. The van der Waals surface area contributed by atoms with E-state index in [1.54, 1.807) is 18.2 Å². The first-order valence-electron chi connectivity index (χ1n) is 13.1. The number of nitrogens with zero attached hydrogens (tertiary/aromatic N) is 2. The fourth-order valence-corrected chi connectivity index (χ4v) is 5.57. The van der Waals surface area contributed by atoms with Crippen molar-refractivity contribution in [2.45, 2.75) is 63.8 Å². The van der Waals surface area contributed by atoms with E-state index in [9.17, 15) is 31.2 Å². The van der Waals surface area contributed by atoms with Crippen molar-refractivity contribution >= 4 is 27.5 Å². The smallest absolute Gasteiger partial charge is 0.352 e. The molecule has 0 bridgehead atoms. The normalized spacial score (nSPS) is 13.2. The van der Waals surface area contributed by atoms with E-state index in [0.717, 1.165) is 17.7 Å². The second-order valence-corrected chi connectivity index (χ2v) is 11.7. The van der Waals surface area contributed by atoms with E-state index in [1.165, 1.54) is 42.2 Å². The van der Waals surface area contributed by atoms with E-state index in [2.05, 4.69) is 5.32 Å². The summed E-state index contributed by atoms with van der Waals surface area (Å²) in [5.41, 5.74) is 0.236. The number of carbonyl (C=O) groups is 2. The molecule has 1 N–H and O–H groups in total. The first-order valence-corrected chi connectivity index (χ1v) is 14.6. The van der Waals surface area contributed by atoms with Crippen LogP contribution in [0.15, 0.2) is 83.8 Å². The number of nitrogens with one attached hydrogen (secondary N) is 1. The average Bonchev–Trinajstić information content (AvgIpc) is 2.94. The highest BCUT2D eigenvalue weighted by atomic mass is 32.2. The van der Waals surface area contributed by atoms with Crippen LogP contribution in [0.5, 0.6) is 0 Å². The number of hydrogen-bond donors (Lipinski definition) is 1. The van der Waals surface area contributed by atoms with Gasteiger partial charge in [0.2, 0.25) is 11.8 Å². The van der Waals surface area contributed by atoms with E-state index in [-0.39, 0.29) is 23.2 Å². The van der Waals surface area contributed by atoms with Crippen molar-refractivity contribution in [1.82, 2.24) is 10.2 Å². The SMILES string of the molecule is CCC(C)NC(=O)C(C)N(Cc1cccc(C)c1)C(=O)CN(c1cccc(C(F)(F)F)c1)S(=O)(=O)c1ccccc1. The molecule has 7 nitrogen and oxygen atoms in total. The molecule has 2 unspecified atom stereocenters. The van der Waals surface area contributed by atoms with Gasteiger partial charge in [-0.05, 0) is 63.1 Å². The zero-order valence-electron chi connectivity index (χ0n) is 23.4. The van der Waals surface area contributed by atoms with Crippen molar-refractivity contribution in [3.63, 3.8) is 0 Å². The molecule has 0 fully saturated rings. The predicted molar refractivity (Wildman–Crippen MR) is 152 cm³/mol. The van der Waals surface area contributed by atoms with Crippen molar-refractivity contribution in [1.29, 1.82) is 0 Å². The van der Waals surface area contributed by atoms with E-state index in [1.807, 2.05) is 32.9 Å². The fourth-order valence-electron chi connectivity index (χ4n) is 4.14. The second-order valence-electron chi connectivity index (χ2n) is 9.88. The van der Waals surface area contributed by atoms with Gasteiger partial charge in [0.15, 0.2) is 0 Å².